The number of carbonyl (C=O) groups excluding carboxylic acids is 1. The molecule has 1 aromatic carbocycles. The number of aromatic nitrogens is 3. The lowest BCUT2D eigenvalue weighted by Crippen LogP contribution is -2.21. The lowest BCUT2D eigenvalue weighted by molar-refractivity contribution is 0.102. The third kappa shape index (κ3) is 2.90. The van der Waals surface area contributed by atoms with Crippen molar-refractivity contribution in [3.05, 3.63) is 54.2 Å². The van der Waals surface area contributed by atoms with E-state index in [9.17, 15) is 4.79 Å². The Morgan fingerprint density at radius 1 is 0.958 bits per heavy atom. The number of fused-ring (bicyclic) bond motifs is 1. The van der Waals surface area contributed by atoms with E-state index in [0.29, 0.717) is 5.82 Å². The minimum atomic E-state index is -0.307. The highest BCUT2D eigenvalue weighted by Gasteiger charge is 2.15. The molecule has 3 aromatic rings. The van der Waals surface area contributed by atoms with Crippen LogP contribution in [0.5, 0.6) is 0 Å². The van der Waals surface area contributed by atoms with Gasteiger partial charge in [0.1, 0.15) is 5.82 Å². The van der Waals surface area contributed by atoms with Gasteiger partial charge in [0.25, 0.3) is 5.91 Å². The first kappa shape index (κ1) is 14.6. The highest BCUT2D eigenvalue weighted by molar-refractivity contribution is 6.02. The molecule has 0 bridgehead atoms. The number of carbonyl (C=O) groups is 1. The second kappa shape index (κ2) is 6.23. The maximum Gasteiger partial charge on any atom is 0.277 e. The average molecular weight is 319 g/mol. The van der Waals surface area contributed by atoms with Crippen LogP contribution in [0, 0.1) is 0 Å². The second-order valence-corrected chi connectivity index (χ2v) is 5.81. The van der Waals surface area contributed by atoms with Gasteiger partial charge in [-0.2, -0.15) is 0 Å². The minimum absolute atomic E-state index is 0.285. The van der Waals surface area contributed by atoms with E-state index >= 15 is 0 Å². The Balaban J connectivity index is 1.50. The zero-order valence-corrected chi connectivity index (χ0v) is 13.1. The van der Waals surface area contributed by atoms with E-state index in [-0.39, 0.29) is 11.6 Å². The van der Waals surface area contributed by atoms with Gasteiger partial charge in [-0.25, -0.2) is 4.98 Å². The summed E-state index contributed by atoms with van der Waals surface area (Å²) in [5.74, 6) is 1.02. The Bertz CT molecular complexity index is 872. The van der Waals surface area contributed by atoms with Crippen molar-refractivity contribution < 1.29 is 4.79 Å². The fourth-order valence-electron chi connectivity index (χ4n) is 2.88. The van der Waals surface area contributed by atoms with Crippen molar-refractivity contribution in [1.29, 1.82) is 0 Å². The molecule has 6 heteroatoms. The van der Waals surface area contributed by atoms with Crippen LogP contribution in [0.3, 0.4) is 0 Å². The van der Waals surface area contributed by atoms with E-state index in [0.717, 1.165) is 29.8 Å². The lowest BCUT2D eigenvalue weighted by atomic mass is 10.2. The van der Waals surface area contributed by atoms with E-state index in [2.05, 4.69) is 25.4 Å². The van der Waals surface area contributed by atoms with Crippen molar-refractivity contribution in [2.45, 2.75) is 12.8 Å². The number of pyridine rings is 1. The van der Waals surface area contributed by atoms with Gasteiger partial charge < -0.3 is 10.2 Å². The number of para-hydroxylation sites is 1. The first-order chi connectivity index (χ1) is 11.8. The fourth-order valence-corrected chi connectivity index (χ4v) is 2.88. The van der Waals surface area contributed by atoms with Crippen molar-refractivity contribution >= 4 is 28.4 Å². The Morgan fingerprint density at radius 3 is 2.58 bits per heavy atom. The van der Waals surface area contributed by atoms with Crippen LogP contribution in [-0.2, 0) is 0 Å². The van der Waals surface area contributed by atoms with Crippen LogP contribution < -0.4 is 10.2 Å². The number of rotatable bonds is 3. The normalized spacial score (nSPS) is 14.1. The molecule has 6 nitrogen and oxygen atoms in total. The van der Waals surface area contributed by atoms with E-state index < -0.39 is 0 Å². The highest BCUT2D eigenvalue weighted by atomic mass is 16.2. The van der Waals surface area contributed by atoms with E-state index in [1.165, 1.54) is 12.8 Å². The molecule has 3 heterocycles. The number of hydrogen-bond acceptors (Lipinski definition) is 5. The third-order valence-electron chi connectivity index (χ3n) is 4.15. The number of hydrogen-bond donors (Lipinski definition) is 1. The molecule has 0 unspecified atom stereocenters. The quantitative estimate of drug-likeness (QED) is 0.804. The van der Waals surface area contributed by atoms with Crippen molar-refractivity contribution in [2.24, 2.45) is 0 Å². The molecule has 0 saturated carbocycles. The molecule has 1 saturated heterocycles. The van der Waals surface area contributed by atoms with E-state index in [1.54, 1.807) is 12.1 Å². The largest absolute Gasteiger partial charge is 0.355 e. The topological polar surface area (TPSA) is 71.0 Å². The summed E-state index contributed by atoms with van der Waals surface area (Å²) in [6, 6.07) is 15.0. The molecule has 1 N–H and O–H groups in total. The number of nitrogens with zero attached hydrogens (tertiary/aromatic N) is 4. The summed E-state index contributed by atoms with van der Waals surface area (Å²) in [4.78, 5) is 18.9. The fraction of sp³-hybridized carbons (Fsp3) is 0.222. The van der Waals surface area contributed by atoms with Gasteiger partial charge in [-0.05, 0) is 43.2 Å². The molecular weight excluding hydrogens is 302 g/mol. The average Bonchev–Trinajstić information content (AvgIpc) is 3.16. The van der Waals surface area contributed by atoms with Crippen molar-refractivity contribution in [3.8, 4) is 0 Å². The number of nitrogens with one attached hydrogen (secondary N) is 1. The van der Waals surface area contributed by atoms with Gasteiger partial charge in [0.15, 0.2) is 11.5 Å². The van der Waals surface area contributed by atoms with E-state index in [4.69, 9.17) is 0 Å². The van der Waals surface area contributed by atoms with Gasteiger partial charge in [-0.15, -0.1) is 10.2 Å². The molecule has 120 valence electrons. The van der Waals surface area contributed by atoms with E-state index in [1.807, 2.05) is 36.4 Å². The number of anilines is 2. The second-order valence-electron chi connectivity index (χ2n) is 5.81. The Hall–Kier alpha value is -3.02. The van der Waals surface area contributed by atoms with Gasteiger partial charge in [0.05, 0.1) is 5.52 Å². The van der Waals surface area contributed by atoms with Gasteiger partial charge in [-0.3, -0.25) is 4.79 Å². The maximum atomic E-state index is 12.3. The van der Waals surface area contributed by atoms with Gasteiger partial charge in [-0.1, -0.05) is 18.2 Å². The van der Waals surface area contributed by atoms with Gasteiger partial charge >= 0.3 is 0 Å². The van der Waals surface area contributed by atoms with Crippen LogP contribution >= 0.6 is 0 Å². The molecule has 1 aliphatic heterocycles. The predicted molar refractivity (Wildman–Crippen MR) is 93.2 cm³/mol. The smallest absolute Gasteiger partial charge is 0.277 e. The molecule has 0 atom stereocenters. The summed E-state index contributed by atoms with van der Waals surface area (Å²) >= 11 is 0. The van der Waals surface area contributed by atoms with Crippen LogP contribution in [0.1, 0.15) is 23.3 Å². The molecule has 0 aliphatic carbocycles. The SMILES string of the molecule is O=C(Nc1ccc2ccccc2n1)c1ccc(N2CCCC2)nn1. The summed E-state index contributed by atoms with van der Waals surface area (Å²) in [7, 11) is 0. The van der Waals surface area contributed by atoms with Crippen LogP contribution in [0.15, 0.2) is 48.5 Å². The first-order valence-electron chi connectivity index (χ1n) is 8.05. The molecule has 1 fully saturated rings. The summed E-state index contributed by atoms with van der Waals surface area (Å²) in [6.45, 7) is 2.00. The predicted octanol–water partition coefficient (Wildman–Crippen LogP) is 2.88. The Morgan fingerprint density at radius 2 is 1.79 bits per heavy atom. The molecule has 1 aliphatic rings. The minimum Gasteiger partial charge on any atom is -0.355 e. The zero-order chi connectivity index (χ0) is 16.4. The summed E-state index contributed by atoms with van der Waals surface area (Å²) in [5, 5.41) is 12.0. The lowest BCUT2D eigenvalue weighted by Gasteiger charge is -2.15. The Labute approximate surface area is 139 Å². The molecule has 24 heavy (non-hydrogen) atoms. The molecule has 0 radical (unpaired) electrons. The molecule has 2 aromatic heterocycles. The van der Waals surface area contributed by atoms with Crippen LogP contribution in [0.2, 0.25) is 0 Å². The van der Waals surface area contributed by atoms with Gasteiger partial charge in [0.2, 0.25) is 0 Å². The van der Waals surface area contributed by atoms with Crippen molar-refractivity contribution in [3.63, 3.8) is 0 Å². The molecular formula is C18H17N5O. The zero-order valence-electron chi connectivity index (χ0n) is 13.1. The number of benzene rings is 1. The van der Waals surface area contributed by atoms with Crippen molar-refractivity contribution in [1.82, 2.24) is 15.2 Å². The molecule has 4 rings (SSSR count). The van der Waals surface area contributed by atoms with Crippen LogP contribution in [0.4, 0.5) is 11.6 Å². The van der Waals surface area contributed by atoms with Crippen LogP contribution in [-0.4, -0.2) is 34.2 Å². The summed E-state index contributed by atoms with van der Waals surface area (Å²) < 4.78 is 0. The first-order valence-corrected chi connectivity index (χ1v) is 8.05. The molecule has 0 spiro atoms. The maximum absolute atomic E-state index is 12.3. The standard InChI is InChI=1S/C18H17N5O/c24-18(15-8-10-17(22-21-15)23-11-3-4-12-23)20-16-9-7-13-5-1-2-6-14(13)19-16/h1-2,5-10H,3-4,11-12H2,(H,19,20,24). The van der Waals surface area contributed by atoms with Gasteiger partial charge in [0, 0.05) is 18.5 Å². The Kier molecular flexibility index (Phi) is 3.78. The van der Waals surface area contributed by atoms with Crippen LogP contribution in [0.25, 0.3) is 10.9 Å². The summed E-state index contributed by atoms with van der Waals surface area (Å²) in [6.07, 6.45) is 2.36. The van der Waals surface area contributed by atoms with Crippen molar-refractivity contribution in [2.75, 3.05) is 23.3 Å². The summed E-state index contributed by atoms with van der Waals surface area (Å²) in [5.41, 5.74) is 1.12. The highest BCUT2D eigenvalue weighted by Crippen LogP contribution is 2.17. The third-order valence-corrected chi connectivity index (χ3v) is 4.15. The number of amides is 1. The monoisotopic (exact) mass is 319 g/mol. The molecule has 1 amide bonds.